The monoisotopic (exact) mass is 311 g/mol. The van der Waals surface area contributed by atoms with E-state index in [-0.39, 0.29) is 11.6 Å². The van der Waals surface area contributed by atoms with Crippen LogP contribution in [0.1, 0.15) is 15.9 Å². The van der Waals surface area contributed by atoms with Crippen molar-refractivity contribution in [2.45, 2.75) is 6.42 Å². The third-order valence-corrected chi connectivity index (χ3v) is 4.03. The van der Waals surface area contributed by atoms with Gasteiger partial charge in [-0.2, -0.15) is 0 Å². The zero-order valence-corrected chi connectivity index (χ0v) is 13.0. The molecule has 6 nitrogen and oxygen atoms in total. The van der Waals surface area contributed by atoms with Gasteiger partial charge in [-0.15, -0.1) is 0 Å². The fourth-order valence-corrected chi connectivity index (χ4v) is 2.89. The van der Waals surface area contributed by atoms with Gasteiger partial charge in [0.1, 0.15) is 5.69 Å². The van der Waals surface area contributed by atoms with Crippen LogP contribution < -0.4 is 9.80 Å². The van der Waals surface area contributed by atoms with E-state index in [9.17, 15) is 14.9 Å². The standard InChI is InChI=1S/C17H17N3O3/c1-18(2)15-8-7-13(11-16(15)20(22)23)17(21)19-10-9-12-5-3-4-6-14(12)19/h3-8,11H,9-10H2,1-2H3. The molecule has 1 heterocycles. The summed E-state index contributed by atoms with van der Waals surface area (Å²) in [5.74, 6) is -0.205. The number of rotatable bonds is 3. The maximum Gasteiger partial charge on any atom is 0.293 e. The quantitative estimate of drug-likeness (QED) is 0.646. The molecule has 0 unspecified atom stereocenters. The molecule has 0 radical (unpaired) electrons. The van der Waals surface area contributed by atoms with Crippen molar-refractivity contribution in [3.05, 3.63) is 63.7 Å². The molecule has 0 N–H and O–H groups in total. The first kappa shape index (κ1) is 15.0. The summed E-state index contributed by atoms with van der Waals surface area (Å²) < 4.78 is 0. The average molecular weight is 311 g/mol. The first-order valence-electron chi connectivity index (χ1n) is 7.34. The molecule has 1 aliphatic rings. The second kappa shape index (κ2) is 5.72. The highest BCUT2D eigenvalue weighted by atomic mass is 16.6. The van der Waals surface area contributed by atoms with Gasteiger partial charge >= 0.3 is 0 Å². The molecule has 23 heavy (non-hydrogen) atoms. The van der Waals surface area contributed by atoms with Gasteiger partial charge in [-0.1, -0.05) is 18.2 Å². The number of fused-ring (bicyclic) bond motifs is 1. The van der Waals surface area contributed by atoms with Gasteiger partial charge in [-0.05, 0) is 30.2 Å². The molecule has 3 rings (SSSR count). The SMILES string of the molecule is CN(C)c1ccc(C(=O)N2CCc3ccccc32)cc1[N+](=O)[O-]. The van der Waals surface area contributed by atoms with Crippen molar-refractivity contribution in [3.8, 4) is 0 Å². The van der Waals surface area contributed by atoms with Gasteiger partial charge in [-0.25, -0.2) is 0 Å². The van der Waals surface area contributed by atoms with E-state index in [1.807, 2.05) is 24.3 Å². The number of hydrogen-bond donors (Lipinski definition) is 0. The molecule has 1 amide bonds. The Bertz CT molecular complexity index is 786. The maximum absolute atomic E-state index is 12.8. The van der Waals surface area contributed by atoms with E-state index in [4.69, 9.17) is 0 Å². The fraction of sp³-hybridized carbons (Fsp3) is 0.235. The molecule has 6 heteroatoms. The molecule has 0 saturated carbocycles. The van der Waals surface area contributed by atoms with Crippen LogP contribution in [0.5, 0.6) is 0 Å². The zero-order valence-electron chi connectivity index (χ0n) is 13.0. The number of para-hydroxylation sites is 1. The van der Waals surface area contributed by atoms with E-state index in [1.165, 1.54) is 6.07 Å². The van der Waals surface area contributed by atoms with E-state index in [0.29, 0.717) is 17.8 Å². The summed E-state index contributed by atoms with van der Waals surface area (Å²) in [5.41, 5.74) is 2.76. The minimum absolute atomic E-state index is 0.0617. The van der Waals surface area contributed by atoms with Crippen LogP contribution in [0, 0.1) is 10.1 Å². The normalized spacial score (nSPS) is 12.9. The van der Waals surface area contributed by atoms with Crippen LogP contribution in [0.3, 0.4) is 0 Å². The summed E-state index contributed by atoms with van der Waals surface area (Å²) in [4.78, 5) is 26.9. The van der Waals surface area contributed by atoms with Gasteiger partial charge in [0.25, 0.3) is 11.6 Å². The second-order valence-electron chi connectivity index (χ2n) is 5.69. The summed E-state index contributed by atoms with van der Waals surface area (Å²) in [7, 11) is 3.47. The molecule has 2 aromatic carbocycles. The second-order valence-corrected chi connectivity index (χ2v) is 5.69. The van der Waals surface area contributed by atoms with Crippen molar-refractivity contribution < 1.29 is 9.72 Å². The number of benzene rings is 2. The van der Waals surface area contributed by atoms with Gasteiger partial charge in [-0.3, -0.25) is 14.9 Å². The van der Waals surface area contributed by atoms with Crippen LogP contribution in [-0.4, -0.2) is 31.5 Å². The van der Waals surface area contributed by atoms with Crippen molar-refractivity contribution in [3.63, 3.8) is 0 Å². The minimum Gasteiger partial charge on any atom is -0.372 e. The Kier molecular flexibility index (Phi) is 3.73. The van der Waals surface area contributed by atoms with Crippen LogP contribution in [0.2, 0.25) is 0 Å². The lowest BCUT2D eigenvalue weighted by Crippen LogP contribution is -2.29. The topological polar surface area (TPSA) is 66.7 Å². The number of carbonyl (C=O) groups excluding carboxylic acids is 1. The van der Waals surface area contributed by atoms with Crippen LogP contribution in [0.4, 0.5) is 17.1 Å². The molecular weight excluding hydrogens is 294 g/mol. The number of amides is 1. The summed E-state index contributed by atoms with van der Waals surface area (Å²) in [6.45, 7) is 0.599. The van der Waals surface area contributed by atoms with Gasteiger partial charge in [0.2, 0.25) is 0 Å². The van der Waals surface area contributed by atoms with Gasteiger partial charge in [0.05, 0.1) is 4.92 Å². The fourth-order valence-electron chi connectivity index (χ4n) is 2.89. The zero-order chi connectivity index (χ0) is 16.6. The average Bonchev–Trinajstić information content (AvgIpc) is 2.97. The van der Waals surface area contributed by atoms with Gasteiger partial charge in [0, 0.05) is 38.0 Å². The third-order valence-electron chi connectivity index (χ3n) is 4.03. The highest BCUT2D eigenvalue weighted by molar-refractivity contribution is 6.08. The van der Waals surface area contributed by atoms with E-state index >= 15 is 0 Å². The number of anilines is 2. The molecule has 2 aromatic rings. The molecule has 0 aliphatic carbocycles. The Labute approximate surface area is 134 Å². The molecule has 0 saturated heterocycles. The lowest BCUT2D eigenvalue weighted by atomic mass is 10.1. The molecule has 1 aliphatic heterocycles. The molecule has 118 valence electrons. The molecule has 0 spiro atoms. The van der Waals surface area contributed by atoms with Crippen LogP contribution in [0.25, 0.3) is 0 Å². The Morgan fingerprint density at radius 3 is 2.65 bits per heavy atom. The number of nitro benzene ring substituents is 1. The van der Waals surface area contributed by atoms with Crippen molar-refractivity contribution in [2.75, 3.05) is 30.4 Å². The summed E-state index contributed by atoms with van der Waals surface area (Å²) in [5, 5.41) is 11.3. The van der Waals surface area contributed by atoms with Crippen LogP contribution in [-0.2, 0) is 6.42 Å². The lowest BCUT2D eigenvalue weighted by molar-refractivity contribution is -0.384. The summed E-state index contributed by atoms with van der Waals surface area (Å²) in [6.07, 6.45) is 0.805. The predicted molar refractivity (Wildman–Crippen MR) is 89.2 cm³/mol. The number of nitro groups is 1. The van der Waals surface area contributed by atoms with Crippen LogP contribution in [0.15, 0.2) is 42.5 Å². The number of carbonyl (C=O) groups is 1. The number of nitrogens with zero attached hydrogens (tertiary/aromatic N) is 3. The van der Waals surface area contributed by atoms with Gasteiger partial charge < -0.3 is 9.80 Å². The van der Waals surface area contributed by atoms with Gasteiger partial charge in [0.15, 0.2) is 0 Å². The van der Waals surface area contributed by atoms with E-state index < -0.39 is 4.92 Å². The third kappa shape index (κ3) is 2.63. The Morgan fingerprint density at radius 1 is 1.22 bits per heavy atom. The first-order chi connectivity index (χ1) is 11.0. The number of hydrogen-bond acceptors (Lipinski definition) is 4. The van der Waals surface area contributed by atoms with Crippen molar-refractivity contribution in [2.24, 2.45) is 0 Å². The smallest absolute Gasteiger partial charge is 0.293 e. The largest absolute Gasteiger partial charge is 0.372 e. The van der Waals surface area contributed by atoms with E-state index in [0.717, 1.165) is 17.7 Å². The molecular formula is C17H17N3O3. The van der Waals surface area contributed by atoms with E-state index in [2.05, 4.69) is 0 Å². The van der Waals surface area contributed by atoms with Crippen molar-refractivity contribution >= 4 is 23.0 Å². The highest BCUT2D eigenvalue weighted by Gasteiger charge is 2.27. The predicted octanol–water partition coefficient (Wildman–Crippen LogP) is 2.86. The Balaban J connectivity index is 1.98. The van der Waals surface area contributed by atoms with E-state index in [1.54, 1.807) is 36.0 Å². The van der Waals surface area contributed by atoms with Crippen molar-refractivity contribution in [1.82, 2.24) is 0 Å². The molecule has 0 bridgehead atoms. The Hall–Kier alpha value is -2.89. The van der Waals surface area contributed by atoms with Crippen LogP contribution >= 0.6 is 0 Å². The first-order valence-corrected chi connectivity index (χ1v) is 7.34. The minimum atomic E-state index is -0.454. The lowest BCUT2D eigenvalue weighted by Gasteiger charge is -2.18. The Morgan fingerprint density at radius 2 is 1.96 bits per heavy atom. The molecule has 0 fully saturated rings. The molecule has 0 atom stereocenters. The maximum atomic E-state index is 12.8. The molecule has 0 aromatic heterocycles. The van der Waals surface area contributed by atoms with Crippen molar-refractivity contribution in [1.29, 1.82) is 0 Å². The highest BCUT2D eigenvalue weighted by Crippen LogP contribution is 2.32. The summed E-state index contributed by atoms with van der Waals surface area (Å²) in [6, 6.07) is 12.4. The summed E-state index contributed by atoms with van der Waals surface area (Å²) >= 11 is 0.